The van der Waals surface area contributed by atoms with Crippen LogP contribution < -0.4 is 11.1 Å². The summed E-state index contributed by atoms with van der Waals surface area (Å²) in [4.78, 5) is 23.3. The monoisotopic (exact) mass is 250 g/mol. The van der Waals surface area contributed by atoms with E-state index in [-0.39, 0.29) is 5.91 Å². The molecule has 0 saturated heterocycles. The number of benzene rings is 1. The van der Waals surface area contributed by atoms with Gasteiger partial charge in [0.25, 0.3) is 0 Å². The molecule has 0 bridgehead atoms. The third-order valence-corrected chi connectivity index (χ3v) is 2.53. The average Bonchev–Trinajstić information content (AvgIpc) is 2.38. The third-order valence-electron chi connectivity index (χ3n) is 2.53. The SMILES string of the molecule is CCCC(N)C(=O)Nc1ccccc1C(=O)OC. The van der Waals surface area contributed by atoms with Crippen molar-refractivity contribution in [3.05, 3.63) is 29.8 Å². The molecule has 5 heteroatoms. The molecular weight excluding hydrogens is 232 g/mol. The van der Waals surface area contributed by atoms with Crippen molar-refractivity contribution in [1.82, 2.24) is 0 Å². The number of ether oxygens (including phenoxy) is 1. The van der Waals surface area contributed by atoms with Gasteiger partial charge in [-0.15, -0.1) is 0 Å². The van der Waals surface area contributed by atoms with E-state index >= 15 is 0 Å². The molecule has 98 valence electrons. The summed E-state index contributed by atoms with van der Waals surface area (Å²) in [5, 5.41) is 2.65. The van der Waals surface area contributed by atoms with Gasteiger partial charge in [0.1, 0.15) is 0 Å². The lowest BCUT2D eigenvalue weighted by Gasteiger charge is -2.13. The lowest BCUT2D eigenvalue weighted by Crippen LogP contribution is -2.35. The van der Waals surface area contributed by atoms with Crippen molar-refractivity contribution < 1.29 is 14.3 Å². The first-order valence-corrected chi connectivity index (χ1v) is 5.84. The van der Waals surface area contributed by atoms with Crippen molar-refractivity contribution in [3.63, 3.8) is 0 Å². The van der Waals surface area contributed by atoms with Crippen LogP contribution in [0.15, 0.2) is 24.3 Å². The number of rotatable bonds is 5. The fourth-order valence-corrected chi connectivity index (χ4v) is 1.55. The Labute approximate surface area is 106 Å². The number of methoxy groups -OCH3 is 1. The van der Waals surface area contributed by atoms with E-state index in [1.807, 2.05) is 6.92 Å². The molecule has 18 heavy (non-hydrogen) atoms. The standard InChI is InChI=1S/C13H18N2O3/c1-3-6-10(14)12(16)15-11-8-5-4-7-9(11)13(17)18-2/h4-5,7-8,10H,3,6,14H2,1-2H3,(H,15,16). The van der Waals surface area contributed by atoms with Gasteiger partial charge in [-0.25, -0.2) is 4.79 Å². The lowest BCUT2D eigenvalue weighted by atomic mass is 10.1. The molecule has 0 saturated carbocycles. The summed E-state index contributed by atoms with van der Waals surface area (Å²) in [7, 11) is 1.30. The minimum atomic E-state index is -0.569. The predicted octanol–water partition coefficient (Wildman–Crippen LogP) is 1.54. The second kappa shape index (κ2) is 6.76. The molecule has 3 N–H and O–H groups in total. The van der Waals surface area contributed by atoms with Crippen LogP contribution in [0.25, 0.3) is 0 Å². The van der Waals surface area contributed by atoms with Gasteiger partial charge >= 0.3 is 5.97 Å². The number of nitrogens with two attached hydrogens (primary N) is 1. The number of para-hydroxylation sites is 1. The first-order valence-electron chi connectivity index (χ1n) is 5.84. The van der Waals surface area contributed by atoms with Gasteiger partial charge < -0.3 is 15.8 Å². The molecule has 0 aliphatic heterocycles. The van der Waals surface area contributed by atoms with Crippen LogP contribution in [-0.2, 0) is 9.53 Å². The molecule has 5 nitrogen and oxygen atoms in total. The largest absolute Gasteiger partial charge is 0.465 e. The van der Waals surface area contributed by atoms with Gasteiger partial charge in [-0.3, -0.25) is 4.79 Å². The first-order chi connectivity index (χ1) is 8.60. The number of carbonyl (C=O) groups excluding carboxylic acids is 2. The zero-order valence-electron chi connectivity index (χ0n) is 10.6. The highest BCUT2D eigenvalue weighted by molar-refractivity contribution is 6.02. The Balaban J connectivity index is 2.84. The van der Waals surface area contributed by atoms with E-state index in [1.54, 1.807) is 24.3 Å². The van der Waals surface area contributed by atoms with E-state index in [0.29, 0.717) is 17.7 Å². The second-order valence-corrected chi connectivity index (χ2v) is 3.92. The molecule has 1 atom stereocenters. The summed E-state index contributed by atoms with van der Waals surface area (Å²) >= 11 is 0. The van der Waals surface area contributed by atoms with E-state index in [1.165, 1.54) is 7.11 Å². The van der Waals surface area contributed by atoms with E-state index in [4.69, 9.17) is 5.73 Å². The van der Waals surface area contributed by atoms with Crippen molar-refractivity contribution in [2.75, 3.05) is 12.4 Å². The highest BCUT2D eigenvalue weighted by Crippen LogP contribution is 2.16. The maximum atomic E-state index is 11.8. The van der Waals surface area contributed by atoms with Crippen molar-refractivity contribution >= 4 is 17.6 Å². The second-order valence-electron chi connectivity index (χ2n) is 3.92. The van der Waals surface area contributed by atoms with Crippen LogP contribution >= 0.6 is 0 Å². The summed E-state index contributed by atoms with van der Waals surface area (Å²) in [6.45, 7) is 1.95. The molecule has 0 fully saturated rings. The van der Waals surface area contributed by atoms with E-state index in [9.17, 15) is 9.59 Å². The normalized spacial score (nSPS) is 11.7. The molecule has 0 radical (unpaired) electrons. The summed E-state index contributed by atoms with van der Waals surface area (Å²) in [5.41, 5.74) is 6.44. The molecule has 0 spiro atoms. The minimum absolute atomic E-state index is 0.298. The quantitative estimate of drug-likeness (QED) is 0.777. The number of amides is 1. The van der Waals surface area contributed by atoms with Gasteiger partial charge in [-0.05, 0) is 18.6 Å². The Morgan fingerprint density at radius 3 is 2.67 bits per heavy atom. The number of nitrogens with one attached hydrogen (secondary N) is 1. The summed E-state index contributed by atoms with van der Waals surface area (Å²) < 4.78 is 4.64. The first kappa shape index (κ1) is 14.2. The average molecular weight is 250 g/mol. The van der Waals surface area contributed by atoms with Crippen LogP contribution in [0.5, 0.6) is 0 Å². The van der Waals surface area contributed by atoms with Gasteiger partial charge in [-0.2, -0.15) is 0 Å². The zero-order chi connectivity index (χ0) is 13.5. The van der Waals surface area contributed by atoms with E-state index < -0.39 is 12.0 Å². The number of anilines is 1. The molecular formula is C13H18N2O3. The van der Waals surface area contributed by atoms with E-state index in [2.05, 4.69) is 10.1 Å². The van der Waals surface area contributed by atoms with Gasteiger partial charge in [0.05, 0.1) is 24.4 Å². The zero-order valence-corrected chi connectivity index (χ0v) is 10.6. The number of hydrogen-bond donors (Lipinski definition) is 2. The molecule has 0 aliphatic rings. The highest BCUT2D eigenvalue weighted by Gasteiger charge is 2.16. The number of carbonyl (C=O) groups is 2. The van der Waals surface area contributed by atoms with Crippen molar-refractivity contribution in [2.24, 2.45) is 5.73 Å². The number of esters is 1. The molecule has 1 rings (SSSR count). The Morgan fingerprint density at radius 1 is 1.39 bits per heavy atom. The minimum Gasteiger partial charge on any atom is -0.465 e. The topological polar surface area (TPSA) is 81.4 Å². The van der Waals surface area contributed by atoms with Gasteiger partial charge in [0.15, 0.2) is 0 Å². The van der Waals surface area contributed by atoms with Gasteiger partial charge in [0, 0.05) is 0 Å². The Morgan fingerprint density at radius 2 is 2.06 bits per heavy atom. The fraction of sp³-hybridized carbons (Fsp3) is 0.385. The van der Waals surface area contributed by atoms with Gasteiger partial charge in [-0.1, -0.05) is 25.5 Å². The molecule has 0 aliphatic carbocycles. The fourth-order valence-electron chi connectivity index (χ4n) is 1.55. The van der Waals surface area contributed by atoms with Crippen molar-refractivity contribution in [3.8, 4) is 0 Å². The summed E-state index contributed by atoms with van der Waals surface area (Å²) in [6, 6.07) is 6.09. The van der Waals surface area contributed by atoms with Crippen LogP contribution in [0.3, 0.4) is 0 Å². The van der Waals surface area contributed by atoms with Crippen LogP contribution in [0, 0.1) is 0 Å². The van der Waals surface area contributed by atoms with Crippen LogP contribution in [0.2, 0.25) is 0 Å². The summed E-state index contributed by atoms with van der Waals surface area (Å²) in [6.07, 6.45) is 1.43. The van der Waals surface area contributed by atoms with E-state index in [0.717, 1.165) is 6.42 Å². The summed E-state index contributed by atoms with van der Waals surface area (Å²) in [5.74, 6) is -0.789. The Kier molecular flexibility index (Phi) is 5.32. The maximum absolute atomic E-state index is 11.8. The molecule has 1 amide bonds. The van der Waals surface area contributed by atoms with Gasteiger partial charge in [0.2, 0.25) is 5.91 Å². The van der Waals surface area contributed by atoms with Crippen LogP contribution in [-0.4, -0.2) is 25.0 Å². The highest BCUT2D eigenvalue weighted by atomic mass is 16.5. The lowest BCUT2D eigenvalue weighted by molar-refractivity contribution is -0.117. The molecule has 0 heterocycles. The van der Waals surface area contributed by atoms with Crippen LogP contribution in [0.1, 0.15) is 30.1 Å². The third kappa shape index (κ3) is 3.56. The van der Waals surface area contributed by atoms with Crippen LogP contribution in [0.4, 0.5) is 5.69 Å². The predicted molar refractivity (Wildman–Crippen MR) is 69.3 cm³/mol. The van der Waals surface area contributed by atoms with Crippen molar-refractivity contribution in [1.29, 1.82) is 0 Å². The number of hydrogen-bond acceptors (Lipinski definition) is 4. The Bertz CT molecular complexity index is 432. The maximum Gasteiger partial charge on any atom is 0.339 e. The Hall–Kier alpha value is -1.88. The molecule has 0 aromatic heterocycles. The molecule has 1 unspecified atom stereocenters. The molecule has 1 aromatic carbocycles. The molecule has 1 aromatic rings. The van der Waals surface area contributed by atoms with Crippen molar-refractivity contribution in [2.45, 2.75) is 25.8 Å². The smallest absolute Gasteiger partial charge is 0.339 e.